The number of amides is 1. The molecule has 0 aromatic rings. The molecule has 106 valence electrons. The molecule has 1 unspecified atom stereocenters. The third-order valence-electron chi connectivity index (χ3n) is 3.52. The highest BCUT2D eigenvalue weighted by Crippen LogP contribution is 2.15. The molecule has 1 saturated heterocycles. The Morgan fingerprint density at radius 2 is 2.11 bits per heavy atom. The Morgan fingerprint density at radius 3 is 2.56 bits per heavy atom. The molecule has 0 aliphatic carbocycles. The second-order valence-electron chi connectivity index (χ2n) is 5.16. The van der Waals surface area contributed by atoms with E-state index in [2.05, 4.69) is 18.7 Å². The predicted octanol–water partition coefficient (Wildman–Crippen LogP) is -0.394. The fourth-order valence-corrected chi connectivity index (χ4v) is 2.73. The zero-order chi connectivity index (χ0) is 13.9. The van der Waals surface area contributed by atoms with Gasteiger partial charge in [-0.15, -0.1) is 0 Å². The minimum atomic E-state index is -3.52. The van der Waals surface area contributed by atoms with Crippen molar-refractivity contribution in [2.45, 2.75) is 38.0 Å². The summed E-state index contributed by atoms with van der Waals surface area (Å²) in [7, 11) is -1.55. The van der Waals surface area contributed by atoms with Gasteiger partial charge in [0.15, 0.2) is 0 Å². The highest BCUT2D eigenvalue weighted by atomic mass is 32.2. The van der Waals surface area contributed by atoms with E-state index in [0.717, 1.165) is 0 Å². The topological polar surface area (TPSA) is 83.7 Å². The standard InChI is InChI=1S/C11H23N3O3S/c1-9(2)13(3)6-5-11(15)14-7-4-10(8-14)18(12,16)17/h9-10H,4-8H2,1-3H3,(H2,12,16,17). The summed E-state index contributed by atoms with van der Waals surface area (Å²) >= 11 is 0. The second kappa shape index (κ2) is 5.99. The van der Waals surface area contributed by atoms with E-state index >= 15 is 0 Å². The Bertz CT molecular complexity index is 394. The molecule has 2 N–H and O–H groups in total. The van der Waals surface area contributed by atoms with E-state index in [0.29, 0.717) is 32.0 Å². The van der Waals surface area contributed by atoms with Crippen molar-refractivity contribution < 1.29 is 13.2 Å². The smallest absolute Gasteiger partial charge is 0.223 e. The van der Waals surface area contributed by atoms with Crippen molar-refractivity contribution in [1.82, 2.24) is 9.80 Å². The van der Waals surface area contributed by atoms with Crippen molar-refractivity contribution in [1.29, 1.82) is 0 Å². The van der Waals surface area contributed by atoms with Crippen LogP contribution in [0.3, 0.4) is 0 Å². The maximum atomic E-state index is 11.9. The predicted molar refractivity (Wildman–Crippen MR) is 70.5 cm³/mol. The molecule has 7 heteroatoms. The lowest BCUT2D eigenvalue weighted by Crippen LogP contribution is -2.36. The molecule has 0 saturated carbocycles. The summed E-state index contributed by atoms with van der Waals surface area (Å²) in [5.74, 6) is 0.00801. The van der Waals surface area contributed by atoms with Gasteiger partial charge in [-0.1, -0.05) is 0 Å². The fraction of sp³-hybridized carbons (Fsp3) is 0.909. The van der Waals surface area contributed by atoms with Gasteiger partial charge in [0.05, 0.1) is 5.25 Å². The minimum absolute atomic E-state index is 0.00801. The molecule has 1 amide bonds. The molecular weight excluding hydrogens is 254 g/mol. The van der Waals surface area contributed by atoms with Crippen LogP contribution in [0.4, 0.5) is 0 Å². The number of sulfonamides is 1. The van der Waals surface area contributed by atoms with Gasteiger partial charge < -0.3 is 9.80 Å². The Morgan fingerprint density at radius 1 is 1.50 bits per heavy atom. The van der Waals surface area contributed by atoms with E-state index < -0.39 is 15.3 Å². The van der Waals surface area contributed by atoms with Crippen LogP contribution in [0.15, 0.2) is 0 Å². The number of carbonyl (C=O) groups is 1. The molecule has 1 aliphatic heterocycles. The van der Waals surface area contributed by atoms with Crippen LogP contribution in [-0.4, -0.2) is 62.1 Å². The van der Waals surface area contributed by atoms with Crippen LogP contribution in [0.5, 0.6) is 0 Å². The van der Waals surface area contributed by atoms with Crippen LogP contribution in [0, 0.1) is 0 Å². The van der Waals surface area contributed by atoms with Gasteiger partial charge in [0.25, 0.3) is 0 Å². The van der Waals surface area contributed by atoms with Crippen LogP contribution in [0.1, 0.15) is 26.7 Å². The Balaban J connectivity index is 2.41. The SMILES string of the molecule is CC(C)N(C)CCC(=O)N1CCC(S(N)(=O)=O)C1. The number of likely N-dealkylation sites (tertiary alicyclic amines) is 1. The van der Waals surface area contributed by atoms with Crippen LogP contribution >= 0.6 is 0 Å². The first-order chi connectivity index (χ1) is 8.21. The molecule has 0 radical (unpaired) electrons. The summed E-state index contributed by atoms with van der Waals surface area (Å²) in [6.45, 7) is 5.55. The lowest BCUT2D eigenvalue weighted by Gasteiger charge is -2.22. The van der Waals surface area contributed by atoms with Gasteiger partial charge in [0.2, 0.25) is 15.9 Å². The quantitative estimate of drug-likeness (QED) is 0.741. The molecule has 1 aliphatic rings. The number of primary sulfonamides is 1. The zero-order valence-electron chi connectivity index (χ0n) is 11.3. The van der Waals surface area contributed by atoms with Gasteiger partial charge in [-0.3, -0.25) is 4.79 Å². The minimum Gasteiger partial charge on any atom is -0.341 e. The monoisotopic (exact) mass is 277 g/mol. The molecular formula is C11H23N3O3S. The largest absolute Gasteiger partial charge is 0.341 e. The van der Waals surface area contributed by atoms with Crippen molar-refractivity contribution in [2.75, 3.05) is 26.7 Å². The highest BCUT2D eigenvalue weighted by Gasteiger charge is 2.32. The lowest BCUT2D eigenvalue weighted by molar-refractivity contribution is -0.130. The van der Waals surface area contributed by atoms with Gasteiger partial charge in [-0.25, -0.2) is 13.6 Å². The lowest BCUT2D eigenvalue weighted by atomic mass is 10.3. The summed E-state index contributed by atoms with van der Waals surface area (Å²) in [6, 6.07) is 0.397. The van der Waals surface area contributed by atoms with Gasteiger partial charge >= 0.3 is 0 Å². The van der Waals surface area contributed by atoms with Crippen molar-refractivity contribution >= 4 is 15.9 Å². The van der Waals surface area contributed by atoms with E-state index in [1.165, 1.54) is 0 Å². The number of nitrogens with zero attached hydrogens (tertiary/aromatic N) is 2. The molecule has 0 spiro atoms. The molecule has 0 aromatic carbocycles. The summed E-state index contributed by atoms with van der Waals surface area (Å²) in [4.78, 5) is 15.6. The van der Waals surface area contributed by atoms with Crippen molar-refractivity contribution in [3.05, 3.63) is 0 Å². The van der Waals surface area contributed by atoms with E-state index in [1.807, 2.05) is 7.05 Å². The second-order valence-corrected chi connectivity index (χ2v) is 7.01. The average Bonchev–Trinajstić information content (AvgIpc) is 2.73. The van der Waals surface area contributed by atoms with E-state index in [-0.39, 0.29) is 12.5 Å². The molecule has 6 nitrogen and oxygen atoms in total. The van der Waals surface area contributed by atoms with Gasteiger partial charge in [0.1, 0.15) is 0 Å². The van der Waals surface area contributed by atoms with Crippen molar-refractivity contribution in [3.63, 3.8) is 0 Å². The van der Waals surface area contributed by atoms with E-state index in [1.54, 1.807) is 4.90 Å². The van der Waals surface area contributed by atoms with Crippen LogP contribution in [0.2, 0.25) is 0 Å². The fourth-order valence-electron chi connectivity index (χ4n) is 1.91. The van der Waals surface area contributed by atoms with Gasteiger partial charge in [0, 0.05) is 32.1 Å². The number of carbonyl (C=O) groups excluding carboxylic acids is 1. The summed E-state index contributed by atoms with van der Waals surface area (Å²) in [5, 5.41) is 4.50. The molecule has 1 rings (SSSR count). The highest BCUT2D eigenvalue weighted by molar-refractivity contribution is 7.89. The molecule has 0 bridgehead atoms. The van der Waals surface area contributed by atoms with Crippen molar-refractivity contribution in [3.8, 4) is 0 Å². The average molecular weight is 277 g/mol. The summed E-state index contributed by atoms with van der Waals surface area (Å²) < 4.78 is 22.4. The van der Waals surface area contributed by atoms with Crippen LogP contribution in [0.25, 0.3) is 0 Å². The van der Waals surface area contributed by atoms with E-state index in [4.69, 9.17) is 5.14 Å². The first kappa shape index (κ1) is 15.4. The maximum absolute atomic E-state index is 11.9. The first-order valence-electron chi connectivity index (χ1n) is 6.21. The van der Waals surface area contributed by atoms with Gasteiger partial charge in [-0.2, -0.15) is 0 Å². The Labute approximate surface area is 109 Å². The normalized spacial score (nSPS) is 21.0. The zero-order valence-corrected chi connectivity index (χ0v) is 12.1. The van der Waals surface area contributed by atoms with Crippen LogP contribution < -0.4 is 5.14 Å². The van der Waals surface area contributed by atoms with E-state index in [9.17, 15) is 13.2 Å². The number of hydrogen-bond donors (Lipinski definition) is 1. The first-order valence-corrected chi connectivity index (χ1v) is 7.82. The maximum Gasteiger partial charge on any atom is 0.223 e. The van der Waals surface area contributed by atoms with Crippen LogP contribution in [-0.2, 0) is 14.8 Å². The molecule has 1 heterocycles. The summed E-state index contributed by atoms with van der Waals surface area (Å²) in [5.41, 5.74) is 0. The molecule has 1 atom stereocenters. The third-order valence-corrected chi connectivity index (χ3v) is 4.84. The molecule has 18 heavy (non-hydrogen) atoms. The molecule has 1 fully saturated rings. The number of nitrogens with two attached hydrogens (primary N) is 1. The number of hydrogen-bond acceptors (Lipinski definition) is 4. The molecule has 0 aromatic heterocycles. The van der Waals surface area contributed by atoms with Crippen molar-refractivity contribution in [2.24, 2.45) is 5.14 Å². The Hall–Kier alpha value is -0.660. The Kier molecular flexibility index (Phi) is 5.12. The third kappa shape index (κ3) is 4.22. The number of rotatable bonds is 5. The van der Waals surface area contributed by atoms with Gasteiger partial charge in [-0.05, 0) is 27.3 Å². The summed E-state index contributed by atoms with van der Waals surface area (Å²) in [6.07, 6.45) is 0.872.